The van der Waals surface area contributed by atoms with Crippen molar-refractivity contribution in [1.82, 2.24) is 9.73 Å². The molecule has 1 aromatic carbocycles. The second-order valence-electron chi connectivity index (χ2n) is 5.39. The number of hydrogen-bond donors (Lipinski definition) is 1. The first-order valence-electron chi connectivity index (χ1n) is 7.53. The lowest BCUT2D eigenvalue weighted by Gasteiger charge is -2.15. The lowest BCUT2D eigenvalue weighted by atomic mass is 10.2. The fourth-order valence-corrected chi connectivity index (χ4v) is 4.63. The molecule has 8 heteroatoms. The fraction of sp³-hybridized carbons (Fsp3) is 0.250. The van der Waals surface area contributed by atoms with Crippen LogP contribution in [0.25, 0.3) is 0 Å². The maximum Gasteiger partial charge on any atom is 0.271 e. The number of thiophene rings is 1. The van der Waals surface area contributed by atoms with Gasteiger partial charge in [0.2, 0.25) is 10.0 Å². The highest BCUT2D eigenvalue weighted by Gasteiger charge is 2.27. The maximum atomic E-state index is 12.5. The number of amides is 1. The Kier molecular flexibility index (Phi) is 5.08. The highest BCUT2D eigenvalue weighted by Crippen LogP contribution is 2.21. The SMILES string of the molecule is O=C(N/N=C\c1ccsc1)c1cccc(S(=O)(=O)N2CCCC2)c1. The van der Waals surface area contributed by atoms with Crippen LogP contribution in [0, 0.1) is 0 Å². The summed E-state index contributed by atoms with van der Waals surface area (Å²) < 4.78 is 26.5. The monoisotopic (exact) mass is 363 g/mol. The summed E-state index contributed by atoms with van der Waals surface area (Å²) in [6.07, 6.45) is 3.28. The molecule has 2 heterocycles. The summed E-state index contributed by atoms with van der Waals surface area (Å²) in [6.45, 7) is 1.06. The van der Waals surface area contributed by atoms with Crippen molar-refractivity contribution in [3.05, 3.63) is 52.2 Å². The van der Waals surface area contributed by atoms with Gasteiger partial charge >= 0.3 is 0 Å². The number of nitrogens with one attached hydrogen (secondary N) is 1. The molecule has 1 amide bonds. The number of sulfonamides is 1. The molecule has 6 nitrogen and oxygen atoms in total. The molecule has 0 atom stereocenters. The lowest BCUT2D eigenvalue weighted by molar-refractivity contribution is 0.0955. The van der Waals surface area contributed by atoms with Crippen molar-refractivity contribution < 1.29 is 13.2 Å². The van der Waals surface area contributed by atoms with Crippen LogP contribution in [0.4, 0.5) is 0 Å². The van der Waals surface area contributed by atoms with Gasteiger partial charge in [0.1, 0.15) is 0 Å². The molecule has 1 aliphatic rings. The van der Waals surface area contributed by atoms with Gasteiger partial charge < -0.3 is 0 Å². The number of rotatable bonds is 5. The zero-order valence-corrected chi connectivity index (χ0v) is 14.5. The maximum absolute atomic E-state index is 12.5. The Hall–Kier alpha value is -2.03. The van der Waals surface area contributed by atoms with E-state index >= 15 is 0 Å². The van der Waals surface area contributed by atoms with Crippen LogP contribution in [0.3, 0.4) is 0 Å². The van der Waals surface area contributed by atoms with Crippen LogP contribution in [0.5, 0.6) is 0 Å². The van der Waals surface area contributed by atoms with Crippen LogP contribution in [0.1, 0.15) is 28.8 Å². The van der Waals surface area contributed by atoms with Gasteiger partial charge in [-0.05, 0) is 47.9 Å². The summed E-state index contributed by atoms with van der Waals surface area (Å²) in [7, 11) is -3.53. The third-order valence-electron chi connectivity index (χ3n) is 3.72. The number of hydrogen-bond acceptors (Lipinski definition) is 5. The minimum atomic E-state index is -3.53. The van der Waals surface area contributed by atoms with Crippen molar-refractivity contribution in [2.24, 2.45) is 5.10 Å². The predicted octanol–water partition coefficient (Wildman–Crippen LogP) is 2.30. The summed E-state index contributed by atoms with van der Waals surface area (Å²) in [5.41, 5.74) is 3.57. The molecule has 1 saturated heterocycles. The lowest BCUT2D eigenvalue weighted by Crippen LogP contribution is -2.28. The summed E-state index contributed by atoms with van der Waals surface area (Å²) in [5.74, 6) is -0.444. The molecular formula is C16H17N3O3S2. The van der Waals surface area contributed by atoms with Gasteiger partial charge in [-0.2, -0.15) is 20.7 Å². The van der Waals surface area contributed by atoms with E-state index in [-0.39, 0.29) is 10.5 Å². The van der Waals surface area contributed by atoms with Crippen molar-refractivity contribution in [3.8, 4) is 0 Å². The molecule has 24 heavy (non-hydrogen) atoms. The molecule has 126 valence electrons. The average Bonchev–Trinajstić information content (AvgIpc) is 3.29. The summed E-state index contributed by atoms with van der Waals surface area (Å²) in [4.78, 5) is 12.3. The van der Waals surface area contributed by atoms with Gasteiger partial charge in [-0.1, -0.05) is 6.07 Å². The van der Waals surface area contributed by atoms with E-state index in [1.165, 1.54) is 27.8 Å². The fourth-order valence-electron chi connectivity index (χ4n) is 2.45. The predicted molar refractivity (Wildman–Crippen MR) is 93.8 cm³/mol. The van der Waals surface area contributed by atoms with Gasteiger partial charge in [-0.15, -0.1) is 0 Å². The summed E-state index contributed by atoms with van der Waals surface area (Å²) >= 11 is 1.54. The molecule has 0 aliphatic carbocycles. The molecule has 1 fully saturated rings. The van der Waals surface area contributed by atoms with Gasteiger partial charge in [0, 0.05) is 24.2 Å². The first-order chi connectivity index (χ1) is 11.6. The molecular weight excluding hydrogens is 346 g/mol. The van der Waals surface area contributed by atoms with Crippen molar-refractivity contribution in [1.29, 1.82) is 0 Å². The first kappa shape index (κ1) is 16.8. The van der Waals surface area contributed by atoms with Crippen molar-refractivity contribution in [3.63, 3.8) is 0 Å². The minimum Gasteiger partial charge on any atom is -0.267 e. The molecule has 0 spiro atoms. The van der Waals surface area contributed by atoms with E-state index in [1.807, 2.05) is 16.8 Å². The third kappa shape index (κ3) is 3.72. The van der Waals surface area contributed by atoms with Gasteiger partial charge in [0.15, 0.2) is 0 Å². The molecule has 2 aromatic rings. The van der Waals surface area contributed by atoms with Crippen LogP contribution in [0.2, 0.25) is 0 Å². The highest BCUT2D eigenvalue weighted by atomic mass is 32.2. The Bertz CT molecular complexity index is 839. The Morgan fingerprint density at radius 3 is 2.75 bits per heavy atom. The zero-order valence-electron chi connectivity index (χ0n) is 12.9. The van der Waals surface area contributed by atoms with Crippen LogP contribution in [0.15, 0.2) is 51.1 Å². The first-order valence-corrected chi connectivity index (χ1v) is 9.91. The Labute approximate surface area is 144 Å². The van der Waals surface area contributed by atoms with E-state index in [2.05, 4.69) is 10.5 Å². The number of carbonyl (C=O) groups is 1. The number of nitrogens with zero attached hydrogens (tertiary/aromatic N) is 2. The summed E-state index contributed by atoms with van der Waals surface area (Å²) in [5, 5.41) is 7.70. The number of carbonyl (C=O) groups excluding carboxylic acids is 1. The highest BCUT2D eigenvalue weighted by molar-refractivity contribution is 7.89. The van der Waals surface area contributed by atoms with E-state index in [0.29, 0.717) is 13.1 Å². The molecule has 0 saturated carbocycles. The average molecular weight is 363 g/mol. The van der Waals surface area contributed by atoms with E-state index in [9.17, 15) is 13.2 Å². The van der Waals surface area contributed by atoms with Crippen molar-refractivity contribution >= 4 is 33.5 Å². The molecule has 0 radical (unpaired) electrons. The molecule has 1 aliphatic heterocycles. The normalized spacial score (nSPS) is 15.8. The molecule has 1 N–H and O–H groups in total. The molecule has 1 aromatic heterocycles. The topological polar surface area (TPSA) is 78.8 Å². The molecule has 0 unspecified atom stereocenters. The van der Waals surface area contributed by atoms with Crippen molar-refractivity contribution in [2.45, 2.75) is 17.7 Å². The molecule has 3 rings (SSSR count). The molecule has 0 bridgehead atoms. The third-order valence-corrected chi connectivity index (χ3v) is 6.32. The Morgan fingerprint density at radius 1 is 1.25 bits per heavy atom. The Balaban J connectivity index is 1.73. The Morgan fingerprint density at radius 2 is 2.04 bits per heavy atom. The van der Waals surface area contributed by atoms with Gasteiger partial charge in [0.25, 0.3) is 5.91 Å². The smallest absolute Gasteiger partial charge is 0.267 e. The number of hydrazone groups is 1. The quantitative estimate of drug-likeness (QED) is 0.654. The van der Waals surface area contributed by atoms with Crippen LogP contribution in [-0.4, -0.2) is 37.9 Å². The van der Waals surface area contributed by atoms with E-state index in [1.54, 1.807) is 18.3 Å². The van der Waals surface area contributed by atoms with Crippen molar-refractivity contribution in [2.75, 3.05) is 13.1 Å². The minimum absolute atomic E-state index is 0.138. The van der Waals surface area contributed by atoms with E-state index in [4.69, 9.17) is 0 Å². The van der Waals surface area contributed by atoms with Gasteiger partial charge in [-0.3, -0.25) is 4.79 Å². The van der Waals surface area contributed by atoms with Crippen LogP contribution in [-0.2, 0) is 10.0 Å². The van der Waals surface area contributed by atoms with Gasteiger partial charge in [-0.25, -0.2) is 13.8 Å². The largest absolute Gasteiger partial charge is 0.271 e. The standard InChI is InChI=1S/C16H17N3O3S2/c20-16(18-17-11-13-6-9-23-12-13)14-4-3-5-15(10-14)24(21,22)19-7-1-2-8-19/h3-6,9-12H,1-2,7-8H2,(H,18,20)/b17-11-. The van der Waals surface area contributed by atoms with E-state index < -0.39 is 15.9 Å². The summed E-state index contributed by atoms with van der Waals surface area (Å²) in [6, 6.07) is 7.92. The zero-order chi connectivity index (χ0) is 17.0. The second kappa shape index (κ2) is 7.25. The van der Waals surface area contributed by atoms with E-state index in [0.717, 1.165) is 18.4 Å². The van der Waals surface area contributed by atoms with Gasteiger partial charge in [0.05, 0.1) is 11.1 Å². The van der Waals surface area contributed by atoms with Crippen LogP contribution < -0.4 is 5.43 Å². The second-order valence-corrected chi connectivity index (χ2v) is 8.11. The number of benzene rings is 1. The van der Waals surface area contributed by atoms with Crippen LogP contribution >= 0.6 is 11.3 Å².